The van der Waals surface area contributed by atoms with Crippen LogP contribution in [0.5, 0.6) is 0 Å². The smallest absolute Gasteiger partial charge is 0.243 e. The minimum absolute atomic E-state index is 0.00418. The lowest BCUT2D eigenvalue weighted by molar-refractivity contribution is -0.121. The number of nitrogens with one attached hydrogen (secondary N) is 1. The van der Waals surface area contributed by atoms with Crippen LogP contribution in [-0.2, 0) is 32.5 Å². The number of amides is 2. The molecule has 1 fully saturated rings. The molecule has 0 aliphatic carbocycles. The van der Waals surface area contributed by atoms with Gasteiger partial charge in [0.05, 0.1) is 10.8 Å². The number of rotatable bonds is 5. The van der Waals surface area contributed by atoms with Gasteiger partial charge in [0.25, 0.3) is 0 Å². The van der Waals surface area contributed by atoms with Crippen molar-refractivity contribution in [3.63, 3.8) is 0 Å². The normalized spacial score (nSPS) is 21.0. The van der Waals surface area contributed by atoms with E-state index in [4.69, 9.17) is 0 Å². The number of hydrogen-bond acceptors (Lipinski definition) is 4. The fourth-order valence-corrected chi connectivity index (χ4v) is 6.53. The summed E-state index contributed by atoms with van der Waals surface area (Å²) in [5.41, 5.74) is 3.48. The molecule has 0 spiro atoms. The van der Waals surface area contributed by atoms with Crippen LogP contribution in [0.15, 0.2) is 47.4 Å². The Hall–Kier alpha value is -2.71. The first-order valence-electron chi connectivity index (χ1n) is 11.5. The first-order valence-corrected chi connectivity index (χ1v) is 13.0. The summed E-state index contributed by atoms with van der Waals surface area (Å²) in [6.45, 7) is 6.07. The van der Waals surface area contributed by atoms with Crippen molar-refractivity contribution < 1.29 is 18.0 Å². The van der Waals surface area contributed by atoms with E-state index in [1.807, 2.05) is 38.1 Å². The zero-order chi connectivity index (χ0) is 23.8. The Kier molecular flexibility index (Phi) is 6.59. The summed E-state index contributed by atoms with van der Waals surface area (Å²) in [7, 11) is -3.74. The molecule has 2 aromatic rings. The minimum Gasteiger partial charge on any atom is -0.326 e. The van der Waals surface area contributed by atoms with Gasteiger partial charge in [-0.2, -0.15) is 4.31 Å². The molecular weight excluding hydrogens is 438 g/mol. The molecule has 0 aromatic heterocycles. The molecule has 1 saturated heterocycles. The van der Waals surface area contributed by atoms with Crippen molar-refractivity contribution in [1.82, 2.24) is 4.31 Å². The molecule has 2 aliphatic rings. The Balaban J connectivity index is 1.52. The molecule has 0 radical (unpaired) electrons. The van der Waals surface area contributed by atoms with E-state index in [1.165, 1.54) is 11.2 Å². The molecule has 8 heteroatoms. The third-order valence-corrected chi connectivity index (χ3v) is 8.52. The molecular formula is C25H31N3O4S. The number of benzene rings is 2. The summed E-state index contributed by atoms with van der Waals surface area (Å²) in [6, 6.07) is 12.7. The fraction of sp³-hybridized carbons (Fsp3) is 0.440. The summed E-state index contributed by atoms with van der Waals surface area (Å²) in [4.78, 5) is 26.9. The van der Waals surface area contributed by atoms with Gasteiger partial charge in [0.2, 0.25) is 21.8 Å². The van der Waals surface area contributed by atoms with Gasteiger partial charge < -0.3 is 10.2 Å². The van der Waals surface area contributed by atoms with E-state index in [1.54, 1.807) is 23.1 Å². The Morgan fingerprint density at radius 1 is 1.15 bits per heavy atom. The fourth-order valence-electron chi connectivity index (χ4n) is 4.96. The van der Waals surface area contributed by atoms with Gasteiger partial charge in [-0.05, 0) is 68.0 Å². The predicted octanol–water partition coefficient (Wildman–Crippen LogP) is 3.59. The van der Waals surface area contributed by atoms with Gasteiger partial charge in [0, 0.05) is 37.4 Å². The standard InChI is InChI=1S/C25H31N3O4S/c1-4-19-8-5-6-10-23(19)26-25(30)20-9-7-13-27(16-20)33(31,32)22-11-12-24-21(15-22)14-17(2)28(24)18(3)29/h5-6,8,10-12,15,17,20H,4,7,9,13-14,16H2,1-3H3,(H,26,30)/t17-,20+/m0/s1. The van der Waals surface area contributed by atoms with Gasteiger partial charge >= 0.3 is 0 Å². The average molecular weight is 470 g/mol. The topological polar surface area (TPSA) is 86.8 Å². The predicted molar refractivity (Wildman–Crippen MR) is 129 cm³/mol. The molecule has 0 bridgehead atoms. The van der Waals surface area contributed by atoms with E-state index in [-0.39, 0.29) is 29.3 Å². The van der Waals surface area contributed by atoms with Crippen molar-refractivity contribution in [2.75, 3.05) is 23.3 Å². The molecule has 176 valence electrons. The number of para-hydroxylation sites is 1. The minimum atomic E-state index is -3.74. The number of anilines is 2. The van der Waals surface area contributed by atoms with Crippen molar-refractivity contribution in [1.29, 1.82) is 0 Å². The van der Waals surface area contributed by atoms with Crippen molar-refractivity contribution in [3.05, 3.63) is 53.6 Å². The highest BCUT2D eigenvalue weighted by atomic mass is 32.2. The highest BCUT2D eigenvalue weighted by Gasteiger charge is 2.35. The van der Waals surface area contributed by atoms with Crippen LogP contribution in [0.3, 0.4) is 0 Å². The van der Waals surface area contributed by atoms with E-state index in [9.17, 15) is 18.0 Å². The first-order chi connectivity index (χ1) is 15.7. The Labute approximate surface area is 195 Å². The lowest BCUT2D eigenvalue weighted by atomic mass is 9.98. The van der Waals surface area contributed by atoms with Crippen LogP contribution in [0.2, 0.25) is 0 Å². The van der Waals surface area contributed by atoms with Crippen LogP contribution >= 0.6 is 0 Å². The molecule has 2 atom stereocenters. The summed E-state index contributed by atoms with van der Waals surface area (Å²) in [6.07, 6.45) is 2.72. The second-order valence-corrected chi connectivity index (χ2v) is 10.9. The van der Waals surface area contributed by atoms with Gasteiger partial charge in [-0.15, -0.1) is 0 Å². The monoisotopic (exact) mass is 469 g/mol. The lowest BCUT2D eigenvalue weighted by Gasteiger charge is -2.31. The zero-order valence-electron chi connectivity index (χ0n) is 19.4. The molecule has 4 rings (SSSR count). The van der Waals surface area contributed by atoms with Crippen molar-refractivity contribution in [3.8, 4) is 0 Å². The number of piperidine rings is 1. The van der Waals surface area contributed by atoms with Gasteiger partial charge in [0.15, 0.2) is 0 Å². The summed E-state index contributed by atoms with van der Waals surface area (Å²) < 4.78 is 28.3. The maximum atomic E-state index is 13.4. The van der Waals surface area contributed by atoms with Crippen molar-refractivity contribution >= 4 is 33.2 Å². The third-order valence-electron chi connectivity index (χ3n) is 6.65. The van der Waals surface area contributed by atoms with E-state index >= 15 is 0 Å². The van der Waals surface area contributed by atoms with Crippen LogP contribution in [-0.4, -0.2) is 43.7 Å². The second kappa shape index (κ2) is 9.27. The number of carbonyl (C=O) groups is 2. The number of aryl methyl sites for hydroxylation is 1. The molecule has 0 unspecified atom stereocenters. The number of hydrogen-bond donors (Lipinski definition) is 1. The summed E-state index contributed by atoms with van der Waals surface area (Å²) >= 11 is 0. The van der Waals surface area contributed by atoms with Gasteiger partial charge in [0.1, 0.15) is 0 Å². The number of carbonyl (C=O) groups excluding carboxylic acids is 2. The van der Waals surface area contributed by atoms with Gasteiger partial charge in [-0.25, -0.2) is 8.42 Å². The molecule has 7 nitrogen and oxygen atoms in total. The van der Waals surface area contributed by atoms with Crippen LogP contribution in [0.4, 0.5) is 11.4 Å². The summed E-state index contributed by atoms with van der Waals surface area (Å²) in [5.74, 6) is -0.594. The number of fused-ring (bicyclic) bond motifs is 1. The SMILES string of the molecule is CCc1ccccc1NC(=O)[C@@H]1CCCN(S(=O)(=O)c2ccc3c(c2)C[C@H](C)N3C(C)=O)C1. The third kappa shape index (κ3) is 4.54. The Morgan fingerprint density at radius 3 is 2.64 bits per heavy atom. The lowest BCUT2D eigenvalue weighted by Crippen LogP contribution is -2.43. The van der Waals surface area contributed by atoms with Gasteiger partial charge in [-0.3, -0.25) is 9.59 Å². The average Bonchev–Trinajstić information content (AvgIpc) is 3.14. The zero-order valence-corrected chi connectivity index (χ0v) is 20.2. The molecule has 2 aliphatic heterocycles. The molecule has 2 heterocycles. The van der Waals surface area contributed by atoms with Gasteiger partial charge in [-0.1, -0.05) is 25.1 Å². The first kappa shape index (κ1) is 23.4. The molecule has 1 N–H and O–H groups in total. The quantitative estimate of drug-likeness (QED) is 0.725. The van der Waals surface area contributed by atoms with Crippen molar-refractivity contribution in [2.45, 2.75) is 57.4 Å². The molecule has 33 heavy (non-hydrogen) atoms. The van der Waals surface area contributed by atoms with Crippen molar-refractivity contribution in [2.24, 2.45) is 5.92 Å². The van der Waals surface area contributed by atoms with Crippen LogP contribution in [0.25, 0.3) is 0 Å². The van der Waals surface area contributed by atoms with E-state index < -0.39 is 15.9 Å². The maximum Gasteiger partial charge on any atom is 0.243 e. The summed E-state index contributed by atoms with van der Waals surface area (Å²) in [5, 5.41) is 3.00. The number of nitrogens with zero attached hydrogens (tertiary/aromatic N) is 2. The maximum absolute atomic E-state index is 13.4. The highest BCUT2D eigenvalue weighted by molar-refractivity contribution is 7.89. The largest absolute Gasteiger partial charge is 0.326 e. The van der Waals surface area contributed by atoms with E-state index in [0.29, 0.717) is 25.8 Å². The van der Waals surface area contributed by atoms with Crippen LogP contribution < -0.4 is 10.2 Å². The van der Waals surface area contributed by atoms with Crippen LogP contribution in [0.1, 0.15) is 44.7 Å². The molecule has 2 amide bonds. The molecule has 0 saturated carbocycles. The number of sulfonamides is 1. The van der Waals surface area contributed by atoms with E-state index in [2.05, 4.69) is 5.32 Å². The highest BCUT2D eigenvalue weighted by Crippen LogP contribution is 2.35. The Bertz CT molecular complexity index is 1180. The van der Waals surface area contributed by atoms with Crippen LogP contribution in [0, 0.1) is 5.92 Å². The second-order valence-electron chi connectivity index (χ2n) is 8.93. The molecule has 2 aromatic carbocycles. The van der Waals surface area contributed by atoms with E-state index in [0.717, 1.165) is 28.9 Å². The Morgan fingerprint density at radius 2 is 1.91 bits per heavy atom.